The van der Waals surface area contributed by atoms with Gasteiger partial charge in [0.25, 0.3) is 11.1 Å². The van der Waals surface area contributed by atoms with Crippen molar-refractivity contribution in [3.8, 4) is 0 Å². The molecule has 0 spiro atoms. The van der Waals surface area contributed by atoms with Crippen molar-refractivity contribution in [3.63, 3.8) is 0 Å². The summed E-state index contributed by atoms with van der Waals surface area (Å²) >= 11 is 0.877. The molecule has 0 bridgehead atoms. The molecule has 2 fully saturated rings. The Kier molecular flexibility index (Phi) is 6.74. The van der Waals surface area contributed by atoms with Crippen molar-refractivity contribution < 1.29 is 19.1 Å². The van der Waals surface area contributed by atoms with Crippen LogP contribution in [0.25, 0.3) is 6.08 Å². The summed E-state index contributed by atoms with van der Waals surface area (Å²) < 4.78 is 5.23. The fraction of sp³-hybridized carbons (Fsp3) is 0.450. The van der Waals surface area contributed by atoms with Crippen LogP contribution in [0, 0.1) is 0 Å². The Morgan fingerprint density at radius 2 is 1.79 bits per heavy atom. The van der Waals surface area contributed by atoms with Crippen LogP contribution >= 0.6 is 11.8 Å². The lowest BCUT2D eigenvalue weighted by atomic mass is 10.1. The molecule has 1 aromatic carbocycles. The highest BCUT2D eigenvalue weighted by atomic mass is 32.2. The molecular weight excluding hydrogens is 378 g/mol. The minimum absolute atomic E-state index is 0.219. The van der Waals surface area contributed by atoms with Crippen molar-refractivity contribution in [2.75, 3.05) is 50.8 Å². The number of nitrogens with zero attached hydrogens (tertiary/aromatic N) is 3. The number of carbonyl (C=O) groups is 3. The molecule has 0 saturated carbocycles. The predicted molar refractivity (Wildman–Crippen MR) is 110 cm³/mol. The zero-order chi connectivity index (χ0) is 20.1. The van der Waals surface area contributed by atoms with Crippen LogP contribution in [0.1, 0.15) is 19.4 Å². The lowest BCUT2D eigenvalue weighted by Gasteiger charge is -2.28. The van der Waals surface area contributed by atoms with Crippen LogP contribution in [0.4, 0.5) is 10.5 Å². The average Bonchev–Trinajstić information content (AvgIpc) is 2.98. The number of ether oxygens (including phenoxy) is 1. The average molecular weight is 404 g/mol. The molecule has 0 atom stereocenters. The van der Waals surface area contributed by atoms with E-state index >= 15 is 0 Å². The molecule has 3 rings (SSSR count). The zero-order valence-corrected chi connectivity index (χ0v) is 17.0. The van der Waals surface area contributed by atoms with Gasteiger partial charge in [0.2, 0.25) is 5.91 Å². The van der Waals surface area contributed by atoms with E-state index in [1.54, 1.807) is 11.0 Å². The molecule has 7 nitrogen and oxygen atoms in total. The summed E-state index contributed by atoms with van der Waals surface area (Å²) in [7, 11) is 0. The van der Waals surface area contributed by atoms with E-state index in [2.05, 4.69) is 18.7 Å². The molecule has 0 aliphatic carbocycles. The largest absolute Gasteiger partial charge is 0.378 e. The minimum Gasteiger partial charge on any atom is -0.378 e. The van der Waals surface area contributed by atoms with Gasteiger partial charge in [0, 0.05) is 31.9 Å². The number of hydrogen-bond donors (Lipinski definition) is 0. The van der Waals surface area contributed by atoms with E-state index < -0.39 is 11.1 Å². The van der Waals surface area contributed by atoms with E-state index in [0.29, 0.717) is 31.2 Å². The van der Waals surface area contributed by atoms with Gasteiger partial charge in [-0.2, -0.15) is 0 Å². The van der Waals surface area contributed by atoms with Crippen molar-refractivity contribution in [1.29, 1.82) is 0 Å². The Hall–Kier alpha value is -2.32. The van der Waals surface area contributed by atoms with Gasteiger partial charge in [-0.15, -0.1) is 0 Å². The fourth-order valence-electron chi connectivity index (χ4n) is 3.21. The zero-order valence-electron chi connectivity index (χ0n) is 16.2. The number of amides is 3. The van der Waals surface area contributed by atoms with Crippen LogP contribution in [-0.4, -0.2) is 72.8 Å². The first-order valence-corrected chi connectivity index (χ1v) is 10.3. The van der Waals surface area contributed by atoms with Gasteiger partial charge in [0.15, 0.2) is 0 Å². The first kappa shape index (κ1) is 20.4. The second kappa shape index (κ2) is 9.25. The van der Waals surface area contributed by atoms with Gasteiger partial charge < -0.3 is 14.5 Å². The molecule has 150 valence electrons. The predicted octanol–water partition coefficient (Wildman–Crippen LogP) is 2.43. The number of morpholine rings is 1. The maximum absolute atomic E-state index is 12.6. The highest BCUT2D eigenvalue weighted by Gasteiger charge is 2.37. The lowest BCUT2D eigenvalue weighted by Crippen LogP contribution is -2.46. The lowest BCUT2D eigenvalue weighted by molar-refractivity contribution is -0.139. The molecule has 0 unspecified atom stereocenters. The fourth-order valence-corrected chi connectivity index (χ4v) is 4.04. The van der Waals surface area contributed by atoms with Crippen molar-refractivity contribution >= 4 is 40.6 Å². The van der Waals surface area contributed by atoms with Gasteiger partial charge in [0.1, 0.15) is 6.54 Å². The van der Waals surface area contributed by atoms with Crippen LogP contribution in [-0.2, 0) is 14.3 Å². The number of benzene rings is 1. The summed E-state index contributed by atoms with van der Waals surface area (Å²) in [6, 6.07) is 7.87. The third-order valence-electron chi connectivity index (χ3n) is 4.85. The maximum atomic E-state index is 12.6. The van der Waals surface area contributed by atoms with Gasteiger partial charge >= 0.3 is 0 Å². The normalized spacial score (nSPS) is 18.9. The summed E-state index contributed by atoms with van der Waals surface area (Å²) in [6.45, 7) is 7.78. The van der Waals surface area contributed by atoms with E-state index in [1.165, 1.54) is 0 Å². The van der Waals surface area contributed by atoms with Crippen molar-refractivity contribution in [2.45, 2.75) is 13.8 Å². The van der Waals surface area contributed by atoms with Crippen molar-refractivity contribution in [3.05, 3.63) is 34.7 Å². The SMILES string of the molecule is CCN(CC)c1ccc(C=C2SC(=O)N(CC(=O)N3CCOCC3)C2=O)cc1. The molecule has 3 amide bonds. The van der Waals surface area contributed by atoms with Crippen LogP contribution < -0.4 is 4.90 Å². The van der Waals surface area contributed by atoms with Gasteiger partial charge in [-0.3, -0.25) is 19.3 Å². The number of anilines is 1. The Bertz CT molecular complexity index is 768. The van der Waals surface area contributed by atoms with Gasteiger partial charge in [-0.25, -0.2) is 0 Å². The third-order valence-corrected chi connectivity index (χ3v) is 5.76. The first-order valence-electron chi connectivity index (χ1n) is 9.49. The van der Waals surface area contributed by atoms with E-state index in [1.807, 2.05) is 24.3 Å². The number of imide groups is 1. The molecule has 0 radical (unpaired) electrons. The third kappa shape index (κ3) is 4.56. The van der Waals surface area contributed by atoms with Gasteiger partial charge in [0.05, 0.1) is 18.1 Å². The summed E-state index contributed by atoms with van der Waals surface area (Å²) in [5.74, 6) is -0.639. The molecule has 0 N–H and O–H groups in total. The molecule has 28 heavy (non-hydrogen) atoms. The second-order valence-electron chi connectivity index (χ2n) is 6.52. The van der Waals surface area contributed by atoms with E-state index in [0.717, 1.165) is 41.0 Å². The van der Waals surface area contributed by atoms with Crippen molar-refractivity contribution in [2.24, 2.45) is 0 Å². The molecule has 2 heterocycles. The first-order chi connectivity index (χ1) is 13.5. The second-order valence-corrected chi connectivity index (χ2v) is 7.52. The molecule has 2 saturated heterocycles. The summed E-state index contributed by atoms with van der Waals surface area (Å²) in [4.78, 5) is 42.5. The molecule has 8 heteroatoms. The number of carbonyl (C=O) groups excluding carboxylic acids is 3. The smallest absolute Gasteiger partial charge is 0.294 e. The molecule has 1 aromatic rings. The maximum Gasteiger partial charge on any atom is 0.294 e. The van der Waals surface area contributed by atoms with E-state index in [-0.39, 0.29) is 12.5 Å². The Labute approximate surface area is 169 Å². The topological polar surface area (TPSA) is 70.2 Å². The summed E-state index contributed by atoms with van der Waals surface area (Å²) in [5, 5.41) is -0.405. The Morgan fingerprint density at radius 3 is 2.39 bits per heavy atom. The molecular formula is C20H25N3O4S. The van der Waals surface area contributed by atoms with Crippen LogP contribution in [0.15, 0.2) is 29.2 Å². The highest BCUT2D eigenvalue weighted by molar-refractivity contribution is 8.18. The van der Waals surface area contributed by atoms with Crippen LogP contribution in [0.3, 0.4) is 0 Å². The Morgan fingerprint density at radius 1 is 1.14 bits per heavy atom. The molecule has 2 aliphatic heterocycles. The van der Waals surface area contributed by atoms with Gasteiger partial charge in [-0.05, 0) is 49.4 Å². The molecule has 2 aliphatic rings. The van der Waals surface area contributed by atoms with E-state index in [4.69, 9.17) is 4.74 Å². The summed E-state index contributed by atoms with van der Waals surface area (Å²) in [6.07, 6.45) is 1.70. The summed E-state index contributed by atoms with van der Waals surface area (Å²) in [5.41, 5.74) is 1.97. The standard InChI is InChI=1S/C20H25N3O4S/c1-3-21(4-2)16-7-5-15(6-8-16)13-17-19(25)23(20(26)28-17)14-18(24)22-9-11-27-12-10-22/h5-8,13H,3-4,9-12,14H2,1-2H3. The van der Waals surface area contributed by atoms with E-state index in [9.17, 15) is 14.4 Å². The number of thioether (sulfide) groups is 1. The highest BCUT2D eigenvalue weighted by Crippen LogP contribution is 2.32. The monoisotopic (exact) mass is 403 g/mol. The number of hydrogen-bond acceptors (Lipinski definition) is 6. The van der Waals surface area contributed by atoms with Crippen molar-refractivity contribution in [1.82, 2.24) is 9.80 Å². The minimum atomic E-state index is -0.413. The van der Waals surface area contributed by atoms with Crippen LogP contribution in [0.2, 0.25) is 0 Å². The quantitative estimate of drug-likeness (QED) is 0.680. The molecule has 0 aromatic heterocycles. The Balaban J connectivity index is 1.67. The van der Waals surface area contributed by atoms with Crippen LogP contribution in [0.5, 0.6) is 0 Å². The number of rotatable bonds is 6. The van der Waals surface area contributed by atoms with Gasteiger partial charge in [-0.1, -0.05) is 12.1 Å².